The molecule has 3 rings (SSSR count). The van der Waals surface area contributed by atoms with Crippen molar-refractivity contribution in [3.8, 4) is 11.5 Å². The SMILES string of the molecule is COc1ccc2nccc(OC3CCN(C(=O)O)C3)c2c1. The maximum absolute atomic E-state index is 10.9. The third kappa shape index (κ3) is 2.69. The van der Waals surface area contributed by atoms with Gasteiger partial charge >= 0.3 is 6.09 Å². The van der Waals surface area contributed by atoms with Gasteiger partial charge < -0.3 is 19.5 Å². The molecule has 6 nitrogen and oxygen atoms in total. The largest absolute Gasteiger partial charge is 0.497 e. The third-order valence-electron chi connectivity index (χ3n) is 3.62. The summed E-state index contributed by atoms with van der Waals surface area (Å²) < 4.78 is 11.2. The normalized spacial score (nSPS) is 18.0. The van der Waals surface area contributed by atoms with Gasteiger partial charge in [0.15, 0.2) is 0 Å². The molecule has 0 aliphatic carbocycles. The lowest BCUT2D eigenvalue weighted by Gasteiger charge is -2.16. The minimum atomic E-state index is -0.901. The van der Waals surface area contributed by atoms with E-state index < -0.39 is 6.09 Å². The number of aromatic nitrogens is 1. The number of pyridine rings is 1. The Balaban J connectivity index is 1.85. The topological polar surface area (TPSA) is 71.9 Å². The van der Waals surface area contributed by atoms with Crippen molar-refractivity contribution in [2.45, 2.75) is 12.5 Å². The number of fused-ring (bicyclic) bond motifs is 1. The Hall–Kier alpha value is -2.50. The first-order chi connectivity index (χ1) is 10.2. The monoisotopic (exact) mass is 288 g/mol. The molecule has 1 fully saturated rings. The number of ether oxygens (including phenoxy) is 2. The van der Waals surface area contributed by atoms with E-state index in [-0.39, 0.29) is 6.10 Å². The smallest absolute Gasteiger partial charge is 0.407 e. The van der Waals surface area contributed by atoms with Crippen LogP contribution in [0.2, 0.25) is 0 Å². The highest BCUT2D eigenvalue weighted by molar-refractivity contribution is 5.86. The first kappa shape index (κ1) is 13.5. The van der Waals surface area contributed by atoms with E-state index in [9.17, 15) is 4.79 Å². The molecule has 0 radical (unpaired) electrons. The number of nitrogens with zero attached hydrogens (tertiary/aromatic N) is 2. The molecule has 21 heavy (non-hydrogen) atoms. The predicted octanol–water partition coefficient (Wildman–Crippen LogP) is 2.37. The van der Waals surface area contributed by atoms with Crippen LogP contribution in [0.4, 0.5) is 4.79 Å². The quantitative estimate of drug-likeness (QED) is 0.938. The van der Waals surface area contributed by atoms with E-state index in [1.54, 1.807) is 19.4 Å². The van der Waals surface area contributed by atoms with E-state index in [1.807, 2.05) is 18.2 Å². The van der Waals surface area contributed by atoms with Crippen molar-refractivity contribution in [3.05, 3.63) is 30.5 Å². The molecule has 2 aromatic rings. The first-order valence-corrected chi connectivity index (χ1v) is 6.74. The fraction of sp³-hybridized carbons (Fsp3) is 0.333. The van der Waals surface area contributed by atoms with Crippen molar-refractivity contribution >= 4 is 17.0 Å². The fourth-order valence-corrected chi connectivity index (χ4v) is 2.51. The zero-order chi connectivity index (χ0) is 14.8. The summed E-state index contributed by atoms with van der Waals surface area (Å²) in [5.74, 6) is 1.44. The van der Waals surface area contributed by atoms with Crippen LogP contribution in [-0.4, -0.2) is 47.4 Å². The van der Waals surface area contributed by atoms with Crippen LogP contribution in [-0.2, 0) is 0 Å². The summed E-state index contributed by atoms with van der Waals surface area (Å²) in [6.07, 6.45) is 1.36. The van der Waals surface area contributed by atoms with Gasteiger partial charge in [-0.2, -0.15) is 0 Å². The van der Waals surface area contributed by atoms with E-state index in [2.05, 4.69) is 4.98 Å². The Morgan fingerprint density at radius 3 is 3.00 bits per heavy atom. The lowest BCUT2D eigenvalue weighted by molar-refractivity contribution is 0.146. The summed E-state index contributed by atoms with van der Waals surface area (Å²) in [7, 11) is 1.61. The summed E-state index contributed by atoms with van der Waals surface area (Å²) in [6.45, 7) is 0.898. The van der Waals surface area contributed by atoms with Crippen LogP contribution >= 0.6 is 0 Å². The lowest BCUT2D eigenvalue weighted by atomic mass is 10.2. The maximum Gasteiger partial charge on any atom is 0.407 e. The third-order valence-corrected chi connectivity index (χ3v) is 3.62. The predicted molar refractivity (Wildman–Crippen MR) is 76.9 cm³/mol. The standard InChI is InChI=1S/C15H16N2O4/c1-20-10-2-3-13-12(8-10)14(4-6-16-13)21-11-5-7-17(9-11)15(18)19/h2-4,6,8,11H,5,7,9H2,1H3,(H,18,19). The molecule has 1 aliphatic rings. The van der Waals surface area contributed by atoms with Crippen molar-refractivity contribution in [2.24, 2.45) is 0 Å². The maximum atomic E-state index is 10.9. The van der Waals surface area contributed by atoms with E-state index in [1.165, 1.54) is 4.90 Å². The lowest BCUT2D eigenvalue weighted by Crippen LogP contribution is -2.29. The minimum absolute atomic E-state index is 0.127. The molecule has 6 heteroatoms. The summed E-state index contributed by atoms with van der Waals surface area (Å²) >= 11 is 0. The highest BCUT2D eigenvalue weighted by Crippen LogP contribution is 2.29. The summed E-state index contributed by atoms with van der Waals surface area (Å²) in [4.78, 5) is 16.6. The van der Waals surface area contributed by atoms with Gasteiger partial charge in [0.1, 0.15) is 17.6 Å². The van der Waals surface area contributed by atoms with Crippen molar-refractivity contribution in [1.29, 1.82) is 0 Å². The Morgan fingerprint density at radius 1 is 1.43 bits per heavy atom. The number of amides is 1. The van der Waals surface area contributed by atoms with Gasteiger partial charge in [0.2, 0.25) is 0 Å². The Morgan fingerprint density at radius 2 is 2.29 bits per heavy atom. The number of likely N-dealkylation sites (tertiary alicyclic amines) is 1. The molecular formula is C15H16N2O4. The molecule has 0 saturated carbocycles. The number of carboxylic acid groups (broad SMARTS) is 1. The molecule has 1 aromatic carbocycles. The average molecular weight is 288 g/mol. The molecule has 0 bridgehead atoms. The zero-order valence-corrected chi connectivity index (χ0v) is 11.7. The van der Waals surface area contributed by atoms with Crippen LogP contribution in [0.1, 0.15) is 6.42 Å². The summed E-state index contributed by atoms with van der Waals surface area (Å²) in [5.41, 5.74) is 0.821. The molecule has 1 amide bonds. The van der Waals surface area contributed by atoms with Gasteiger partial charge in [0.05, 0.1) is 19.2 Å². The highest BCUT2D eigenvalue weighted by Gasteiger charge is 2.27. The van der Waals surface area contributed by atoms with Crippen molar-refractivity contribution in [2.75, 3.05) is 20.2 Å². The van der Waals surface area contributed by atoms with Gasteiger partial charge in [-0.3, -0.25) is 4.98 Å². The molecule has 1 atom stereocenters. The number of methoxy groups -OCH3 is 1. The van der Waals surface area contributed by atoms with Crippen LogP contribution < -0.4 is 9.47 Å². The van der Waals surface area contributed by atoms with E-state index in [0.29, 0.717) is 25.3 Å². The Bertz CT molecular complexity index is 674. The van der Waals surface area contributed by atoms with E-state index >= 15 is 0 Å². The number of hydrogen-bond acceptors (Lipinski definition) is 4. The van der Waals surface area contributed by atoms with Gasteiger partial charge in [0.25, 0.3) is 0 Å². The molecule has 0 spiro atoms. The Kier molecular flexibility index (Phi) is 3.51. The molecule has 110 valence electrons. The molecule has 1 aliphatic heterocycles. The summed E-state index contributed by atoms with van der Waals surface area (Å²) in [6, 6.07) is 7.40. The molecule has 1 unspecified atom stereocenters. The molecule has 1 aromatic heterocycles. The second-order valence-electron chi connectivity index (χ2n) is 4.95. The van der Waals surface area contributed by atoms with Gasteiger partial charge in [-0.15, -0.1) is 0 Å². The Labute approximate surface area is 121 Å². The van der Waals surface area contributed by atoms with Gasteiger partial charge in [-0.05, 0) is 24.3 Å². The van der Waals surface area contributed by atoms with Crippen LogP contribution in [0.15, 0.2) is 30.5 Å². The highest BCUT2D eigenvalue weighted by atomic mass is 16.5. The number of benzene rings is 1. The summed E-state index contributed by atoms with van der Waals surface area (Å²) in [5, 5.41) is 9.85. The van der Waals surface area contributed by atoms with Gasteiger partial charge in [0, 0.05) is 24.5 Å². The second kappa shape index (κ2) is 5.47. The minimum Gasteiger partial charge on any atom is -0.497 e. The molecule has 1 N–H and O–H groups in total. The second-order valence-corrected chi connectivity index (χ2v) is 4.95. The number of hydrogen-bond donors (Lipinski definition) is 1. The number of rotatable bonds is 3. The van der Waals surface area contributed by atoms with E-state index in [0.717, 1.165) is 16.7 Å². The van der Waals surface area contributed by atoms with Crippen LogP contribution in [0.5, 0.6) is 11.5 Å². The molecule has 1 saturated heterocycles. The van der Waals surface area contributed by atoms with Crippen LogP contribution in [0.25, 0.3) is 10.9 Å². The zero-order valence-electron chi connectivity index (χ0n) is 11.7. The fourth-order valence-electron chi connectivity index (χ4n) is 2.51. The van der Waals surface area contributed by atoms with Crippen LogP contribution in [0, 0.1) is 0 Å². The van der Waals surface area contributed by atoms with Gasteiger partial charge in [-0.1, -0.05) is 0 Å². The average Bonchev–Trinajstić information content (AvgIpc) is 2.96. The van der Waals surface area contributed by atoms with E-state index in [4.69, 9.17) is 14.6 Å². The van der Waals surface area contributed by atoms with Crippen molar-refractivity contribution in [1.82, 2.24) is 9.88 Å². The number of carbonyl (C=O) groups is 1. The molecular weight excluding hydrogens is 272 g/mol. The van der Waals surface area contributed by atoms with Crippen molar-refractivity contribution in [3.63, 3.8) is 0 Å². The van der Waals surface area contributed by atoms with Crippen LogP contribution in [0.3, 0.4) is 0 Å². The first-order valence-electron chi connectivity index (χ1n) is 6.74. The molecule has 2 heterocycles. The van der Waals surface area contributed by atoms with Crippen molar-refractivity contribution < 1.29 is 19.4 Å². The van der Waals surface area contributed by atoms with Gasteiger partial charge in [-0.25, -0.2) is 4.79 Å².